The van der Waals surface area contributed by atoms with Crippen molar-refractivity contribution in [2.24, 2.45) is 16.5 Å². The molecule has 1 aliphatic rings. The van der Waals surface area contributed by atoms with Crippen LogP contribution in [-0.4, -0.2) is 29.9 Å². The number of aromatic nitrogens is 2. The fourth-order valence-electron chi connectivity index (χ4n) is 3.44. The third kappa shape index (κ3) is 3.84. The van der Waals surface area contributed by atoms with E-state index < -0.39 is 5.82 Å². The number of aliphatic imine (C=N–C) groups is 1. The molecule has 4 rings (SSSR count). The standard InChI is InChI=1S/C22H22FN5O2/c1-12(24)26-6-5-18(25)16-9-19-20(10-17(16)23)28-22(27-19)14-7-13-8-15(29-2)3-4-21(13)30-11-14/h3-6,8-10,14H,1,7,11,24-25H2,2H3,(H,27,28)/b18-5-,26-6?. The van der Waals surface area contributed by atoms with Crippen molar-refractivity contribution < 1.29 is 13.9 Å². The Labute approximate surface area is 172 Å². The number of benzene rings is 2. The number of methoxy groups -OCH3 is 1. The lowest BCUT2D eigenvalue weighted by atomic mass is 9.96. The Hall–Kier alpha value is -3.81. The van der Waals surface area contributed by atoms with E-state index in [1.807, 2.05) is 18.2 Å². The Morgan fingerprint density at radius 1 is 1.37 bits per heavy atom. The molecular formula is C22H22FN5O2. The molecule has 1 unspecified atom stereocenters. The summed E-state index contributed by atoms with van der Waals surface area (Å²) < 4.78 is 25.8. The number of nitrogens with two attached hydrogens (primary N) is 2. The number of fused-ring (bicyclic) bond motifs is 2. The second-order valence-corrected chi connectivity index (χ2v) is 7.05. The summed E-state index contributed by atoms with van der Waals surface area (Å²) in [5, 5.41) is 0. The summed E-state index contributed by atoms with van der Waals surface area (Å²) in [4.78, 5) is 11.7. The van der Waals surface area contributed by atoms with Crippen LogP contribution in [0.3, 0.4) is 0 Å². The molecule has 0 spiro atoms. The van der Waals surface area contributed by atoms with Gasteiger partial charge in [-0.2, -0.15) is 0 Å². The van der Waals surface area contributed by atoms with Gasteiger partial charge < -0.3 is 25.9 Å². The molecule has 7 nitrogen and oxygen atoms in total. The smallest absolute Gasteiger partial charge is 0.134 e. The third-order valence-corrected chi connectivity index (χ3v) is 4.96. The van der Waals surface area contributed by atoms with Crippen LogP contribution in [0.4, 0.5) is 4.39 Å². The van der Waals surface area contributed by atoms with Crippen molar-refractivity contribution in [1.82, 2.24) is 9.97 Å². The van der Waals surface area contributed by atoms with Crippen molar-refractivity contribution in [2.75, 3.05) is 13.7 Å². The SMILES string of the molecule is C=C(N)N=C/C=C(\N)c1cc2nc(C3COc4ccc(OC)cc4C3)[nH]c2cc1F. The van der Waals surface area contributed by atoms with E-state index in [4.69, 9.17) is 20.9 Å². The van der Waals surface area contributed by atoms with Gasteiger partial charge in [0.05, 0.1) is 30.7 Å². The summed E-state index contributed by atoms with van der Waals surface area (Å²) in [5.74, 6) is 2.05. The number of halogens is 1. The highest BCUT2D eigenvalue weighted by Gasteiger charge is 2.25. The van der Waals surface area contributed by atoms with Crippen LogP contribution in [0.25, 0.3) is 16.7 Å². The lowest BCUT2D eigenvalue weighted by Gasteiger charge is -2.24. The van der Waals surface area contributed by atoms with Gasteiger partial charge in [-0.3, -0.25) is 0 Å². The van der Waals surface area contributed by atoms with Crippen LogP contribution in [0.1, 0.15) is 22.9 Å². The van der Waals surface area contributed by atoms with Crippen molar-refractivity contribution in [2.45, 2.75) is 12.3 Å². The van der Waals surface area contributed by atoms with Crippen LogP contribution in [0.2, 0.25) is 0 Å². The number of hydrogen-bond donors (Lipinski definition) is 3. The van der Waals surface area contributed by atoms with Crippen LogP contribution < -0.4 is 20.9 Å². The second kappa shape index (κ2) is 7.90. The number of nitrogens with one attached hydrogen (secondary N) is 1. The summed E-state index contributed by atoms with van der Waals surface area (Å²) in [6, 6.07) is 8.74. The second-order valence-electron chi connectivity index (χ2n) is 7.05. The maximum atomic E-state index is 14.6. The molecule has 8 heteroatoms. The molecule has 0 amide bonds. The Bertz CT molecular complexity index is 1180. The van der Waals surface area contributed by atoms with Gasteiger partial charge in [0.1, 0.15) is 29.0 Å². The summed E-state index contributed by atoms with van der Waals surface area (Å²) in [6.45, 7) is 3.94. The van der Waals surface area contributed by atoms with Gasteiger partial charge in [-0.05, 0) is 42.3 Å². The number of imidazole rings is 1. The van der Waals surface area contributed by atoms with E-state index in [1.54, 1.807) is 13.2 Å². The number of aromatic amines is 1. The first-order chi connectivity index (χ1) is 14.4. The molecule has 0 bridgehead atoms. The molecule has 0 saturated carbocycles. The minimum atomic E-state index is -0.457. The maximum absolute atomic E-state index is 14.6. The number of nitrogens with zero attached hydrogens (tertiary/aromatic N) is 2. The summed E-state index contributed by atoms with van der Waals surface area (Å²) in [7, 11) is 1.63. The predicted octanol–water partition coefficient (Wildman–Crippen LogP) is 3.23. The normalized spacial score (nSPS) is 16.5. The Kier molecular flexibility index (Phi) is 5.14. The largest absolute Gasteiger partial charge is 0.497 e. The molecular weight excluding hydrogens is 385 g/mol. The average molecular weight is 407 g/mol. The highest BCUT2D eigenvalue weighted by atomic mass is 19.1. The molecule has 1 aliphatic heterocycles. The van der Waals surface area contributed by atoms with E-state index in [-0.39, 0.29) is 23.0 Å². The number of allylic oxidation sites excluding steroid dienone is 1. The summed E-state index contributed by atoms with van der Waals surface area (Å²) >= 11 is 0. The third-order valence-electron chi connectivity index (χ3n) is 4.96. The van der Waals surface area contributed by atoms with Gasteiger partial charge >= 0.3 is 0 Å². The van der Waals surface area contributed by atoms with Crippen LogP contribution in [0, 0.1) is 5.82 Å². The minimum Gasteiger partial charge on any atom is -0.497 e. The minimum absolute atomic E-state index is 0.0131. The highest BCUT2D eigenvalue weighted by molar-refractivity contribution is 5.87. The molecule has 1 atom stereocenters. The van der Waals surface area contributed by atoms with E-state index in [2.05, 4.69) is 21.5 Å². The molecule has 30 heavy (non-hydrogen) atoms. The van der Waals surface area contributed by atoms with E-state index in [9.17, 15) is 4.39 Å². The van der Waals surface area contributed by atoms with E-state index >= 15 is 0 Å². The Morgan fingerprint density at radius 2 is 2.20 bits per heavy atom. The van der Waals surface area contributed by atoms with Crippen molar-refractivity contribution in [3.63, 3.8) is 0 Å². The molecule has 154 valence electrons. The zero-order valence-corrected chi connectivity index (χ0v) is 16.5. The molecule has 0 aliphatic carbocycles. The zero-order chi connectivity index (χ0) is 21.3. The number of hydrogen-bond acceptors (Lipinski definition) is 6. The summed E-state index contributed by atoms with van der Waals surface area (Å²) in [6.07, 6.45) is 3.58. The quantitative estimate of drug-likeness (QED) is 0.562. The molecule has 0 radical (unpaired) electrons. The molecule has 0 saturated heterocycles. The average Bonchev–Trinajstić information content (AvgIpc) is 3.14. The van der Waals surface area contributed by atoms with Gasteiger partial charge in [-0.1, -0.05) is 6.58 Å². The lowest BCUT2D eigenvalue weighted by Crippen LogP contribution is -2.20. The fraction of sp³-hybridized carbons (Fsp3) is 0.182. The van der Waals surface area contributed by atoms with E-state index in [0.29, 0.717) is 17.6 Å². The first-order valence-corrected chi connectivity index (χ1v) is 9.38. The molecule has 2 aromatic carbocycles. The first-order valence-electron chi connectivity index (χ1n) is 9.38. The Balaban J connectivity index is 1.63. The van der Waals surface area contributed by atoms with Gasteiger partial charge in [0.15, 0.2) is 0 Å². The Morgan fingerprint density at radius 3 is 2.97 bits per heavy atom. The number of ether oxygens (including phenoxy) is 2. The van der Waals surface area contributed by atoms with E-state index in [1.165, 1.54) is 18.4 Å². The first kappa shape index (κ1) is 19.5. The van der Waals surface area contributed by atoms with Crippen molar-refractivity contribution in [1.29, 1.82) is 0 Å². The van der Waals surface area contributed by atoms with Crippen molar-refractivity contribution >= 4 is 22.9 Å². The summed E-state index contributed by atoms with van der Waals surface area (Å²) in [5.41, 5.74) is 14.1. The van der Waals surface area contributed by atoms with Crippen LogP contribution in [0.15, 0.2) is 53.8 Å². The van der Waals surface area contributed by atoms with Gasteiger partial charge in [0, 0.05) is 23.5 Å². The molecule has 3 aromatic rings. The lowest BCUT2D eigenvalue weighted by molar-refractivity contribution is 0.257. The van der Waals surface area contributed by atoms with Gasteiger partial charge in [-0.15, -0.1) is 0 Å². The molecule has 1 aromatic heterocycles. The fourth-order valence-corrected chi connectivity index (χ4v) is 3.44. The van der Waals surface area contributed by atoms with Gasteiger partial charge in [-0.25, -0.2) is 14.4 Å². The number of H-pyrrole nitrogens is 1. The highest BCUT2D eigenvalue weighted by Crippen LogP contribution is 2.34. The van der Waals surface area contributed by atoms with Crippen molar-refractivity contribution in [3.05, 3.63) is 71.6 Å². The molecule has 2 heterocycles. The molecule has 5 N–H and O–H groups in total. The van der Waals surface area contributed by atoms with Crippen LogP contribution >= 0.6 is 0 Å². The monoisotopic (exact) mass is 407 g/mol. The van der Waals surface area contributed by atoms with Crippen LogP contribution in [-0.2, 0) is 6.42 Å². The predicted molar refractivity (Wildman–Crippen MR) is 115 cm³/mol. The maximum Gasteiger partial charge on any atom is 0.134 e. The van der Waals surface area contributed by atoms with Crippen molar-refractivity contribution in [3.8, 4) is 11.5 Å². The van der Waals surface area contributed by atoms with E-state index in [0.717, 1.165) is 29.3 Å². The molecule has 0 fully saturated rings. The zero-order valence-electron chi connectivity index (χ0n) is 16.5. The topological polar surface area (TPSA) is 112 Å². The van der Waals surface area contributed by atoms with Crippen LogP contribution in [0.5, 0.6) is 11.5 Å². The van der Waals surface area contributed by atoms with Gasteiger partial charge in [0.25, 0.3) is 0 Å². The number of rotatable bonds is 5. The van der Waals surface area contributed by atoms with Gasteiger partial charge in [0.2, 0.25) is 0 Å².